The van der Waals surface area contributed by atoms with E-state index in [2.05, 4.69) is 56.7 Å². The Morgan fingerprint density at radius 3 is 2.63 bits per heavy atom. The molecule has 2 N–H and O–H groups in total. The fourth-order valence-electron chi connectivity index (χ4n) is 5.47. The lowest BCUT2D eigenvalue weighted by Crippen LogP contribution is -2.46. The second-order valence-electron chi connectivity index (χ2n) is 9.61. The Balaban J connectivity index is 1.21. The molecule has 1 aromatic carbocycles. The summed E-state index contributed by atoms with van der Waals surface area (Å²) in [4.78, 5) is 24.1. The first-order valence-electron chi connectivity index (χ1n) is 11.9. The number of carbonyl (C=O) groups excluding carboxylic acids is 1. The number of piperidine rings is 1. The van der Waals surface area contributed by atoms with Gasteiger partial charge in [-0.05, 0) is 69.5 Å². The van der Waals surface area contributed by atoms with Crippen LogP contribution in [0, 0.1) is 20.8 Å². The number of aromatic nitrogens is 4. The molecule has 2 aliphatic rings. The molecule has 35 heavy (non-hydrogen) atoms. The minimum Gasteiger partial charge on any atom is -0.355 e. The van der Waals surface area contributed by atoms with Gasteiger partial charge in [-0.3, -0.25) is 9.78 Å². The first-order valence-corrected chi connectivity index (χ1v) is 11.9. The molecule has 8 nitrogen and oxygen atoms in total. The van der Waals surface area contributed by atoms with Crippen LogP contribution in [0.2, 0.25) is 0 Å². The number of anilines is 4. The zero-order chi connectivity index (χ0) is 24.2. The molecule has 1 fully saturated rings. The molecule has 0 atom stereocenters. The Labute approximate surface area is 203 Å². The second-order valence-corrected chi connectivity index (χ2v) is 9.61. The van der Waals surface area contributed by atoms with Gasteiger partial charge in [0.15, 0.2) is 11.6 Å². The van der Waals surface area contributed by atoms with Gasteiger partial charge < -0.3 is 15.5 Å². The van der Waals surface area contributed by atoms with Crippen LogP contribution in [0.1, 0.15) is 35.2 Å². The molecule has 8 heteroatoms. The van der Waals surface area contributed by atoms with Crippen molar-refractivity contribution in [1.82, 2.24) is 20.2 Å². The number of carbonyl (C=O) groups is 1. The summed E-state index contributed by atoms with van der Waals surface area (Å²) in [6.07, 6.45) is 3.16. The van der Waals surface area contributed by atoms with E-state index in [1.807, 2.05) is 37.3 Å². The van der Waals surface area contributed by atoms with Gasteiger partial charge >= 0.3 is 0 Å². The van der Waals surface area contributed by atoms with Crippen molar-refractivity contribution in [2.75, 3.05) is 28.6 Å². The van der Waals surface area contributed by atoms with E-state index in [-0.39, 0.29) is 5.91 Å². The lowest BCUT2D eigenvalue weighted by Gasteiger charge is -2.38. The highest BCUT2D eigenvalue weighted by molar-refractivity contribution is 6.05. The maximum atomic E-state index is 12.8. The third-order valence-electron chi connectivity index (χ3n) is 7.22. The van der Waals surface area contributed by atoms with Crippen LogP contribution in [-0.4, -0.2) is 39.2 Å². The Kier molecular flexibility index (Phi) is 4.91. The van der Waals surface area contributed by atoms with E-state index in [0.717, 1.165) is 65.2 Å². The number of nitrogens with zero attached hydrogens (tertiary/aromatic N) is 5. The highest BCUT2D eigenvalue weighted by atomic mass is 16.2. The van der Waals surface area contributed by atoms with Crippen molar-refractivity contribution in [3.05, 3.63) is 71.0 Å². The number of benzene rings is 1. The van der Waals surface area contributed by atoms with E-state index in [1.165, 1.54) is 5.56 Å². The third kappa shape index (κ3) is 3.56. The topological polar surface area (TPSA) is 95.9 Å². The van der Waals surface area contributed by atoms with Gasteiger partial charge in [-0.2, -0.15) is 0 Å². The number of rotatable bonds is 3. The number of amides is 1. The summed E-state index contributed by atoms with van der Waals surface area (Å²) in [6.45, 7) is 7.65. The van der Waals surface area contributed by atoms with Crippen LogP contribution in [0.25, 0.3) is 10.9 Å². The molecule has 3 aromatic heterocycles. The van der Waals surface area contributed by atoms with Crippen LogP contribution in [-0.2, 0) is 10.2 Å². The summed E-state index contributed by atoms with van der Waals surface area (Å²) in [5.41, 5.74) is 5.80. The van der Waals surface area contributed by atoms with Crippen LogP contribution in [0.15, 0.2) is 48.7 Å². The fourth-order valence-corrected chi connectivity index (χ4v) is 5.47. The highest BCUT2D eigenvalue weighted by Crippen LogP contribution is 2.44. The van der Waals surface area contributed by atoms with Crippen LogP contribution in [0.5, 0.6) is 0 Å². The molecule has 176 valence electrons. The average molecular weight is 466 g/mol. The first kappa shape index (κ1) is 21.5. The second kappa shape index (κ2) is 8.01. The molecular formula is C27H27N7O. The summed E-state index contributed by atoms with van der Waals surface area (Å²) in [7, 11) is 0. The lowest BCUT2D eigenvalue weighted by molar-refractivity contribution is -0.121. The smallest absolute Gasteiger partial charge is 0.236 e. The summed E-state index contributed by atoms with van der Waals surface area (Å²) in [6, 6.07) is 14.2. The summed E-state index contributed by atoms with van der Waals surface area (Å²) >= 11 is 0. The van der Waals surface area contributed by atoms with E-state index in [4.69, 9.17) is 4.98 Å². The molecule has 0 saturated carbocycles. The SMILES string of the molecule is Cc1cc(C)c2nc(C)cc(Nc3ccc(N4CCC5(CC4)C(=O)Nc4ncccc45)nn3)c2c1. The largest absolute Gasteiger partial charge is 0.355 e. The minimum absolute atomic E-state index is 0.0572. The first-order chi connectivity index (χ1) is 16.9. The van der Waals surface area contributed by atoms with Crippen molar-refractivity contribution in [2.24, 2.45) is 0 Å². The minimum atomic E-state index is -0.495. The van der Waals surface area contributed by atoms with Gasteiger partial charge in [0.2, 0.25) is 5.91 Å². The van der Waals surface area contributed by atoms with Crippen LogP contribution in [0.4, 0.5) is 23.1 Å². The number of pyridine rings is 2. The van der Waals surface area contributed by atoms with E-state index in [0.29, 0.717) is 11.6 Å². The molecule has 4 aromatic rings. The standard InChI is InChI=1S/C27H27N7O/c1-16-13-17(2)24-19(14-16)21(15-18(3)29-24)30-22-6-7-23(33-32-22)34-11-8-27(9-12-34)20-5-4-10-28-25(20)31-26(27)35/h4-7,10,13-15H,8-9,11-12H2,1-3H3,(H,28,31,35)(H,29,30,32). The normalized spacial score (nSPS) is 16.4. The zero-order valence-electron chi connectivity index (χ0n) is 20.1. The highest BCUT2D eigenvalue weighted by Gasteiger charge is 2.49. The van der Waals surface area contributed by atoms with Gasteiger partial charge in [-0.1, -0.05) is 17.7 Å². The van der Waals surface area contributed by atoms with E-state index < -0.39 is 5.41 Å². The zero-order valence-corrected chi connectivity index (χ0v) is 20.1. The predicted octanol–water partition coefficient (Wildman–Crippen LogP) is 4.58. The quantitative estimate of drug-likeness (QED) is 0.457. The molecule has 0 bridgehead atoms. The van der Waals surface area contributed by atoms with E-state index in [9.17, 15) is 4.79 Å². The molecule has 1 saturated heterocycles. The monoisotopic (exact) mass is 465 g/mol. The van der Waals surface area contributed by atoms with Crippen molar-refractivity contribution < 1.29 is 4.79 Å². The molecule has 5 heterocycles. The van der Waals surface area contributed by atoms with Gasteiger partial charge in [0.05, 0.1) is 16.6 Å². The van der Waals surface area contributed by atoms with Crippen LogP contribution in [0.3, 0.4) is 0 Å². The molecule has 0 aliphatic carbocycles. The molecule has 0 radical (unpaired) electrons. The number of fused-ring (bicyclic) bond motifs is 3. The van der Waals surface area contributed by atoms with Crippen LogP contribution >= 0.6 is 0 Å². The Morgan fingerprint density at radius 1 is 1.03 bits per heavy atom. The number of hydrogen-bond acceptors (Lipinski definition) is 7. The predicted molar refractivity (Wildman–Crippen MR) is 137 cm³/mol. The fraction of sp³-hybridized carbons (Fsp3) is 0.296. The molecule has 0 unspecified atom stereocenters. The Hall–Kier alpha value is -4.07. The van der Waals surface area contributed by atoms with Gasteiger partial charge in [0, 0.05) is 35.9 Å². The molecule has 1 amide bonds. The van der Waals surface area contributed by atoms with Crippen molar-refractivity contribution in [1.29, 1.82) is 0 Å². The van der Waals surface area contributed by atoms with E-state index >= 15 is 0 Å². The third-order valence-corrected chi connectivity index (χ3v) is 7.22. The van der Waals surface area contributed by atoms with Gasteiger partial charge in [0.25, 0.3) is 0 Å². The summed E-state index contributed by atoms with van der Waals surface area (Å²) < 4.78 is 0. The Morgan fingerprint density at radius 2 is 1.86 bits per heavy atom. The molecule has 2 aliphatic heterocycles. The lowest BCUT2D eigenvalue weighted by atomic mass is 9.74. The average Bonchev–Trinajstić information content (AvgIpc) is 3.12. The summed E-state index contributed by atoms with van der Waals surface area (Å²) in [5, 5.41) is 16.4. The van der Waals surface area contributed by atoms with Gasteiger partial charge in [-0.25, -0.2) is 4.98 Å². The van der Waals surface area contributed by atoms with Crippen molar-refractivity contribution in [3.8, 4) is 0 Å². The summed E-state index contributed by atoms with van der Waals surface area (Å²) in [5.74, 6) is 2.26. The number of nitrogens with one attached hydrogen (secondary N) is 2. The van der Waals surface area contributed by atoms with Crippen LogP contribution < -0.4 is 15.5 Å². The maximum absolute atomic E-state index is 12.8. The van der Waals surface area contributed by atoms with Gasteiger partial charge in [-0.15, -0.1) is 10.2 Å². The van der Waals surface area contributed by atoms with Crippen molar-refractivity contribution in [2.45, 2.75) is 39.0 Å². The van der Waals surface area contributed by atoms with Gasteiger partial charge in [0.1, 0.15) is 5.82 Å². The molecular weight excluding hydrogens is 438 g/mol. The van der Waals surface area contributed by atoms with E-state index in [1.54, 1.807) is 6.20 Å². The molecule has 6 rings (SSSR count). The number of aryl methyl sites for hydroxylation is 3. The number of hydrogen-bond donors (Lipinski definition) is 2. The van der Waals surface area contributed by atoms with Crippen molar-refractivity contribution in [3.63, 3.8) is 0 Å². The Bertz CT molecular complexity index is 1460. The molecule has 1 spiro atoms. The van der Waals surface area contributed by atoms with Crippen molar-refractivity contribution >= 4 is 40.0 Å². The maximum Gasteiger partial charge on any atom is 0.236 e.